The van der Waals surface area contributed by atoms with Gasteiger partial charge in [-0.1, -0.05) is 11.3 Å². The number of hydrogen-bond donors (Lipinski definition) is 3. The van der Waals surface area contributed by atoms with E-state index in [4.69, 9.17) is 11.5 Å². The minimum Gasteiger partial charge on any atom is -0.369 e. The summed E-state index contributed by atoms with van der Waals surface area (Å²) in [6.45, 7) is 3.40. The molecule has 0 bridgehead atoms. The zero-order valence-electron chi connectivity index (χ0n) is 9.93. The van der Waals surface area contributed by atoms with Gasteiger partial charge in [0.05, 0.1) is 21.7 Å². The first-order chi connectivity index (χ1) is 7.90. The highest BCUT2D eigenvalue weighted by atomic mass is 35.5. The van der Waals surface area contributed by atoms with Gasteiger partial charge in [0.2, 0.25) is 11.8 Å². The van der Waals surface area contributed by atoms with Gasteiger partial charge < -0.3 is 16.8 Å². The molecule has 0 aliphatic carbocycles. The summed E-state index contributed by atoms with van der Waals surface area (Å²) < 4.78 is 0.865. The highest BCUT2D eigenvalue weighted by Crippen LogP contribution is 2.31. The fraction of sp³-hybridized carbons (Fsp3) is 0.444. The predicted octanol–water partition coefficient (Wildman–Crippen LogP) is 0.736. The van der Waals surface area contributed by atoms with Gasteiger partial charge in [0.15, 0.2) is 5.13 Å². The van der Waals surface area contributed by atoms with Crippen molar-refractivity contribution in [3.05, 3.63) is 5.69 Å². The van der Waals surface area contributed by atoms with Crippen LogP contribution in [0, 0.1) is 6.92 Å². The van der Waals surface area contributed by atoms with Crippen molar-refractivity contribution in [2.75, 3.05) is 11.1 Å². The summed E-state index contributed by atoms with van der Waals surface area (Å²) in [6.07, 6.45) is 0. The number of aromatic nitrogens is 1. The van der Waals surface area contributed by atoms with Crippen molar-refractivity contribution >= 4 is 52.5 Å². The van der Waals surface area contributed by atoms with E-state index in [2.05, 4.69) is 10.3 Å². The second kappa shape index (κ2) is 7.57. The van der Waals surface area contributed by atoms with E-state index in [1.807, 2.05) is 0 Å². The van der Waals surface area contributed by atoms with Crippen LogP contribution in [0.15, 0.2) is 4.21 Å². The molecule has 0 aromatic carbocycles. The minimum atomic E-state index is -0.582. The first-order valence-electron chi connectivity index (χ1n) is 4.85. The number of aryl methyl sites for hydroxylation is 1. The van der Waals surface area contributed by atoms with E-state index in [0.29, 0.717) is 5.13 Å². The number of carbonyl (C=O) groups excluding carboxylic acids is 2. The molecule has 0 unspecified atom stereocenters. The first-order valence-corrected chi connectivity index (χ1v) is 6.65. The molecule has 0 saturated heterocycles. The number of thioether (sulfide) groups is 1. The molecule has 1 heterocycles. The van der Waals surface area contributed by atoms with Gasteiger partial charge in [-0.15, -0.1) is 24.2 Å². The Labute approximate surface area is 119 Å². The van der Waals surface area contributed by atoms with Crippen LogP contribution in [-0.4, -0.2) is 28.6 Å². The third-order valence-corrected chi connectivity index (χ3v) is 4.20. The van der Waals surface area contributed by atoms with Gasteiger partial charge in [-0.05, 0) is 13.8 Å². The van der Waals surface area contributed by atoms with E-state index in [0.717, 1.165) is 9.90 Å². The van der Waals surface area contributed by atoms with Gasteiger partial charge in [-0.2, -0.15) is 0 Å². The number of nitrogens with zero attached hydrogens (tertiary/aromatic N) is 1. The second-order valence-corrected chi connectivity index (χ2v) is 5.67. The lowest BCUT2D eigenvalue weighted by atomic mass is 10.3. The summed E-state index contributed by atoms with van der Waals surface area (Å²) in [6, 6.07) is -0.582. The van der Waals surface area contributed by atoms with Gasteiger partial charge in [0.1, 0.15) is 0 Å². The quantitative estimate of drug-likeness (QED) is 0.694. The Morgan fingerprint density at radius 2 is 2.17 bits per heavy atom. The Balaban J connectivity index is 0.00000289. The maximum atomic E-state index is 11.3. The highest BCUT2D eigenvalue weighted by molar-refractivity contribution is 8.01. The van der Waals surface area contributed by atoms with Gasteiger partial charge >= 0.3 is 0 Å². The molecule has 0 radical (unpaired) electrons. The van der Waals surface area contributed by atoms with E-state index in [9.17, 15) is 9.59 Å². The van der Waals surface area contributed by atoms with Crippen LogP contribution < -0.4 is 16.8 Å². The number of thiazole rings is 1. The number of primary amides is 1. The largest absolute Gasteiger partial charge is 0.369 e. The molecule has 1 aromatic heterocycles. The zero-order chi connectivity index (χ0) is 13.0. The molecule has 102 valence electrons. The zero-order valence-corrected chi connectivity index (χ0v) is 12.4. The molecule has 0 aliphatic heterocycles. The number of nitrogens with one attached hydrogen (secondary N) is 1. The van der Waals surface area contributed by atoms with E-state index >= 15 is 0 Å². The highest BCUT2D eigenvalue weighted by Gasteiger charge is 2.13. The van der Waals surface area contributed by atoms with Crippen molar-refractivity contribution in [2.45, 2.75) is 24.1 Å². The molecule has 0 aliphatic rings. The van der Waals surface area contributed by atoms with Crippen LogP contribution >= 0.6 is 35.5 Å². The van der Waals surface area contributed by atoms with Crippen LogP contribution in [-0.2, 0) is 9.59 Å². The molecule has 18 heavy (non-hydrogen) atoms. The number of carbonyl (C=O) groups is 2. The van der Waals surface area contributed by atoms with Gasteiger partial charge in [0.25, 0.3) is 0 Å². The molecular weight excluding hydrogens is 296 g/mol. The summed E-state index contributed by atoms with van der Waals surface area (Å²) in [7, 11) is 0. The van der Waals surface area contributed by atoms with Crippen LogP contribution in [0.25, 0.3) is 0 Å². The number of nitrogens with two attached hydrogens (primary N) is 2. The monoisotopic (exact) mass is 310 g/mol. The molecule has 0 spiro atoms. The minimum absolute atomic E-state index is 0. The molecule has 1 aromatic rings. The molecule has 5 N–H and O–H groups in total. The van der Waals surface area contributed by atoms with E-state index in [-0.39, 0.29) is 30.0 Å². The van der Waals surface area contributed by atoms with E-state index in [1.165, 1.54) is 23.1 Å². The summed E-state index contributed by atoms with van der Waals surface area (Å²) in [5, 5.41) is 3.09. The van der Waals surface area contributed by atoms with Gasteiger partial charge in [-0.25, -0.2) is 4.98 Å². The number of halogens is 1. The Bertz CT molecular complexity index is 436. The fourth-order valence-electron chi connectivity index (χ4n) is 0.926. The normalized spacial score (nSPS) is 11.5. The maximum absolute atomic E-state index is 11.3. The molecule has 1 atom stereocenters. The van der Waals surface area contributed by atoms with E-state index in [1.54, 1.807) is 13.8 Å². The topological polar surface area (TPSA) is 111 Å². The Morgan fingerprint density at radius 3 is 2.67 bits per heavy atom. The Hall–Kier alpha value is -0.830. The van der Waals surface area contributed by atoms with Crippen LogP contribution in [0.3, 0.4) is 0 Å². The molecule has 1 rings (SSSR count). The van der Waals surface area contributed by atoms with E-state index < -0.39 is 6.04 Å². The number of hydrogen-bond acceptors (Lipinski definition) is 6. The Kier molecular flexibility index (Phi) is 7.22. The number of amides is 2. The molecule has 0 saturated carbocycles. The average molecular weight is 311 g/mol. The van der Waals surface area contributed by atoms with Crippen LogP contribution in [0.1, 0.15) is 12.6 Å². The maximum Gasteiger partial charge on any atom is 0.242 e. The van der Waals surface area contributed by atoms with Gasteiger partial charge in [0, 0.05) is 0 Å². The average Bonchev–Trinajstić information content (AvgIpc) is 2.55. The molecule has 2 amide bonds. The van der Waals surface area contributed by atoms with Crippen molar-refractivity contribution in [2.24, 2.45) is 11.5 Å². The van der Waals surface area contributed by atoms with Crippen molar-refractivity contribution in [1.82, 2.24) is 4.98 Å². The summed E-state index contributed by atoms with van der Waals surface area (Å²) in [4.78, 5) is 26.2. The lowest BCUT2D eigenvalue weighted by Crippen LogP contribution is -2.32. The molecule has 0 fully saturated rings. The standard InChI is InChI=1S/C9H14N4O2S2.ClH/c1-4(10)7(15)13-9-12-5(2)8(17-9)16-3-6(11)14;/h4H,3,10H2,1-2H3,(H2,11,14)(H,12,13,15);1H/t4-;/m0./s1. The Morgan fingerprint density at radius 1 is 1.56 bits per heavy atom. The summed E-state index contributed by atoms with van der Waals surface area (Å²) >= 11 is 2.61. The smallest absolute Gasteiger partial charge is 0.242 e. The molecule has 6 nitrogen and oxygen atoms in total. The lowest BCUT2D eigenvalue weighted by molar-refractivity contribution is -0.117. The van der Waals surface area contributed by atoms with Gasteiger partial charge in [-0.3, -0.25) is 9.59 Å². The predicted molar refractivity (Wildman–Crippen MR) is 76.3 cm³/mol. The molecular formula is C9H15ClN4O2S2. The SMILES string of the molecule is Cc1nc(NC(=O)[C@H](C)N)sc1SCC(N)=O.Cl. The molecule has 9 heteroatoms. The number of anilines is 1. The summed E-state index contributed by atoms with van der Waals surface area (Å²) in [5.74, 6) is -0.474. The third-order valence-electron chi connectivity index (χ3n) is 1.74. The van der Waals surface area contributed by atoms with Crippen LogP contribution in [0.2, 0.25) is 0 Å². The van der Waals surface area contributed by atoms with Crippen molar-refractivity contribution in [3.63, 3.8) is 0 Å². The second-order valence-electron chi connectivity index (χ2n) is 3.42. The third kappa shape index (κ3) is 5.21. The van der Waals surface area contributed by atoms with Crippen molar-refractivity contribution < 1.29 is 9.59 Å². The summed E-state index contributed by atoms with van der Waals surface area (Å²) in [5.41, 5.74) is 11.2. The number of rotatable bonds is 5. The van der Waals surface area contributed by atoms with Crippen LogP contribution in [0.5, 0.6) is 0 Å². The fourth-order valence-corrected chi connectivity index (χ4v) is 2.81. The lowest BCUT2D eigenvalue weighted by Gasteiger charge is -2.03. The van der Waals surface area contributed by atoms with Crippen molar-refractivity contribution in [3.8, 4) is 0 Å². The first kappa shape index (κ1) is 17.2. The van der Waals surface area contributed by atoms with Crippen LogP contribution in [0.4, 0.5) is 5.13 Å². The van der Waals surface area contributed by atoms with Crippen molar-refractivity contribution in [1.29, 1.82) is 0 Å².